The monoisotopic (exact) mass is 408 g/mol. The van der Waals surface area contributed by atoms with E-state index < -0.39 is 22.4 Å². The van der Waals surface area contributed by atoms with Gasteiger partial charge in [0.25, 0.3) is 5.69 Å². The van der Waals surface area contributed by atoms with Gasteiger partial charge in [0.15, 0.2) is 0 Å². The van der Waals surface area contributed by atoms with Gasteiger partial charge in [-0.05, 0) is 67.9 Å². The number of nitrogens with zero attached hydrogens (tertiary/aromatic N) is 4. The van der Waals surface area contributed by atoms with E-state index in [1.54, 1.807) is 11.5 Å². The summed E-state index contributed by atoms with van der Waals surface area (Å²) in [6.45, 7) is 5.65. The molecule has 0 radical (unpaired) electrons. The summed E-state index contributed by atoms with van der Waals surface area (Å²) in [4.78, 5) is 10.5. The van der Waals surface area contributed by atoms with Crippen LogP contribution >= 0.6 is 11.8 Å². The summed E-state index contributed by atoms with van der Waals surface area (Å²) in [6.07, 6.45) is -4.66. The lowest BCUT2D eigenvalue weighted by atomic mass is 10.1. The maximum Gasteiger partial charge on any atom is 0.416 e. The Bertz CT molecular complexity index is 1060. The van der Waals surface area contributed by atoms with Gasteiger partial charge in [-0.1, -0.05) is 6.07 Å². The second-order valence-corrected chi connectivity index (χ2v) is 7.18. The van der Waals surface area contributed by atoms with Crippen LogP contribution in [0.3, 0.4) is 0 Å². The molecule has 0 unspecified atom stereocenters. The number of rotatable bonds is 4. The topological polar surface area (TPSA) is 73.8 Å². The molecule has 0 bridgehead atoms. The maximum atomic E-state index is 12.9. The number of aromatic nitrogens is 3. The first-order chi connectivity index (χ1) is 13.1. The smallest absolute Gasteiger partial charge is 0.274 e. The highest BCUT2D eigenvalue weighted by Crippen LogP contribution is 2.39. The molecule has 0 saturated heterocycles. The molecule has 0 saturated carbocycles. The van der Waals surface area contributed by atoms with Crippen LogP contribution in [-0.4, -0.2) is 19.7 Å². The van der Waals surface area contributed by atoms with Crippen molar-refractivity contribution in [1.29, 1.82) is 0 Å². The van der Waals surface area contributed by atoms with Crippen molar-refractivity contribution in [2.24, 2.45) is 0 Å². The Balaban J connectivity index is 2.06. The molecular weight excluding hydrogens is 393 g/mol. The molecule has 6 nitrogen and oxygen atoms in total. The number of hydrogen-bond acceptors (Lipinski definition) is 5. The second-order valence-electron chi connectivity index (χ2n) is 6.17. The van der Waals surface area contributed by atoms with Crippen molar-refractivity contribution >= 4 is 17.4 Å². The minimum atomic E-state index is -4.66. The van der Waals surface area contributed by atoms with E-state index in [4.69, 9.17) is 0 Å². The van der Waals surface area contributed by atoms with Crippen LogP contribution < -0.4 is 0 Å². The van der Waals surface area contributed by atoms with Gasteiger partial charge in [-0.2, -0.15) is 13.2 Å². The number of halogens is 3. The molecule has 28 heavy (non-hydrogen) atoms. The lowest BCUT2D eigenvalue weighted by Crippen LogP contribution is -2.06. The number of benzene rings is 2. The molecule has 0 atom stereocenters. The third-order valence-electron chi connectivity index (χ3n) is 4.23. The number of nitro benzene ring substituents is 1. The van der Waals surface area contributed by atoms with Gasteiger partial charge in [-0.25, -0.2) is 0 Å². The standard InChI is InChI=1S/C18H15F3N4O2S/c1-10-4-6-14(8-11(10)2)24-12(3)22-23-17(24)28-16-7-5-13(18(19,20)21)9-15(16)25(26)27/h4-9H,1-3H3. The fraction of sp³-hybridized carbons (Fsp3) is 0.222. The number of aryl methyl sites for hydroxylation is 3. The predicted octanol–water partition coefficient (Wildman–Crippen LogP) is 5.27. The van der Waals surface area contributed by atoms with Gasteiger partial charge in [0.2, 0.25) is 5.16 Å². The fourth-order valence-electron chi connectivity index (χ4n) is 2.59. The largest absolute Gasteiger partial charge is 0.416 e. The molecule has 146 valence electrons. The molecule has 3 rings (SSSR count). The summed E-state index contributed by atoms with van der Waals surface area (Å²) in [6, 6.07) is 8.16. The van der Waals surface area contributed by atoms with Gasteiger partial charge in [-0.15, -0.1) is 10.2 Å². The van der Waals surface area contributed by atoms with Crippen molar-refractivity contribution < 1.29 is 18.1 Å². The van der Waals surface area contributed by atoms with Crippen LogP contribution in [0.5, 0.6) is 0 Å². The molecule has 0 N–H and O–H groups in total. The molecule has 0 amide bonds. The second kappa shape index (κ2) is 7.27. The summed E-state index contributed by atoms with van der Waals surface area (Å²) in [5.74, 6) is 0.556. The van der Waals surface area contributed by atoms with Crippen LogP contribution in [0.4, 0.5) is 18.9 Å². The van der Waals surface area contributed by atoms with Crippen molar-refractivity contribution in [2.75, 3.05) is 0 Å². The number of alkyl halides is 3. The van der Waals surface area contributed by atoms with Crippen molar-refractivity contribution in [3.05, 3.63) is 69.0 Å². The average molecular weight is 408 g/mol. The van der Waals surface area contributed by atoms with Crippen LogP contribution in [0.1, 0.15) is 22.5 Å². The van der Waals surface area contributed by atoms with E-state index in [1.807, 2.05) is 32.0 Å². The van der Waals surface area contributed by atoms with E-state index in [9.17, 15) is 23.3 Å². The predicted molar refractivity (Wildman–Crippen MR) is 97.8 cm³/mol. The molecule has 2 aromatic carbocycles. The highest BCUT2D eigenvalue weighted by molar-refractivity contribution is 7.99. The van der Waals surface area contributed by atoms with E-state index in [1.165, 1.54) is 0 Å². The quantitative estimate of drug-likeness (QED) is 0.434. The van der Waals surface area contributed by atoms with Crippen molar-refractivity contribution in [3.8, 4) is 5.69 Å². The summed E-state index contributed by atoms with van der Waals surface area (Å²) in [5.41, 5.74) is 1.20. The first-order valence-electron chi connectivity index (χ1n) is 8.11. The van der Waals surface area contributed by atoms with Crippen LogP contribution in [-0.2, 0) is 6.18 Å². The SMILES string of the molecule is Cc1ccc(-n2c(C)nnc2Sc2ccc(C(F)(F)F)cc2[N+](=O)[O-])cc1C. The molecule has 0 fully saturated rings. The Morgan fingerprint density at radius 1 is 1.04 bits per heavy atom. The third kappa shape index (κ3) is 3.86. The van der Waals surface area contributed by atoms with Gasteiger partial charge in [0, 0.05) is 11.8 Å². The molecule has 3 aromatic rings. The van der Waals surface area contributed by atoms with Gasteiger partial charge in [0.05, 0.1) is 15.4 Å². The van der Waals surface area contributed by atoms with Crippen molar-refractivity contribution in [3.63, 3.8) is 0 Å². The summed E-state index contributed by atoms with van der Waals surface area (Å²) in [7, 11) is 0. The molecule has 0 spiro atoms. The van der Waals surface area contributed by atoms with Crippen LogP contribution in [0.15, 0.2) is 46.5 Å². The lowest BCUT2D eigenvalue weighted by Gasteiger charge is -2.11. The lowest BCUT2D eigenvalue weighted by molar-refractivity contribution is -0.388. The summed E-state index contributed by atoms with van der Waals surface area (Å²) in [5, 5.41) is 19.7. The van der Waals surface area contributed by atoms with Crippen molar-refractivity contribution in [1.82, 2.24) is 14.8 Å². The molecular formula is C18H15F3N4O2S. The zero-order chi connectivity index (χ0) is 20.6. The van der Waals surface area contributed by atoms with E-state index >= 15 is 0 Å². The van der Waals surface area contributed by atoms with Gasteiger partial charge < -0.3 is 0 Å². The Kier molecular flexibility index (Phi) is 5.16. The summed E-state index contributed by atoms with van der Waals surface area (Å²) >= 11 is 0.895. The van der Waals surface area contributed by atoms with Gasteiger partial charge in [-0.3, -0.25) is 14.7 Å². The Morgan fingerprint density at radius 3 is 2.36 bits per heavy atom. The minimum absolute atomic E-state index is 0.0514. The molecule has 0 aliphatic heterocycles. The molecule has 1 aromatic heterocycles. The highest BCUT2D eigenvalue weighted by atomic mass is 32.2. The molecule has 10 heteroatoms. The van der Waals surface area contributed by atoms with Crippen LogP contribution in [0, 0.1) is 30.9 Å². The number of nitro groups is 1. The van der Waals surface area contributed by atoms with Crippen LogP contribution in [0.2, 0.25) is 0 Å². The number of hydrogen-bond donors (Lipinski definition) is 0. The molecule has 1 heterocycles. The van der Waals surface area contributed by atoms with E-state index in [2.05, 4.69) is 10.2 Å². The van der Waals surface area contributed by atoms with E-state index in [0.29, 0.717) is 17.0 Å². The first kappa shape index (κ1) is 19.9. The van der Waals surface area contributed by atoms with E-state index in [-0.39, 0.29) is 4.90 Å². The fourth-order valence-corrected chi connectivity index (χ4v) is 3.57. The Morgan fingerprint density at radius 2 is 1.75 bits per heavy atom. The minimum Gasteiger partial charge on any atom is -0.274 e. The normalized spacial score (nSPS) is 11.6. The molecule has 0 aliphatic carbocycles. The first-order valence-corrected chi connectivity index (χ1v) is 8.92. The summed E-state index contributed by atoms with van der Waals surface area (Å²) < 4.78 is 40.4. The zero-order valence-corrected chi connectivity index (χ0v) is 15.9. The maximum absolute atomic E-state index is 12.9. The highest BCUT2D eigenvalue weighted by Gasteiger charge is 2.33. The van der Waals surface area contributed by atoms with Crippen molar-refractivity contribution in [2.45, 2.75) is 37.0 Å². The van der Waals surface area contributed by atoms with Gasteiger partial charge in [0.1, 0.15) is 5.82 Å². The average Bonchev–Trinajstić information content (AvgIpc) is 2.97. The van der Waals surface area contributed by atoms with Gasteiger partial charge >= 0.3 is 6.18 Å². The zero-order valence-electron chi connectivity index (χ0n) is 15.1. The third-order valence-corrected chi connectivity index (χ3v) is 5.24. The van der Waals surface area contributed by atoms with E-state index in [0.717, 1.165) is 40.7 Å². The molecule has 0 aliphatic rings. The Labute approximate surface area is 162 Å². The van der Waals surface area contributed by atoms with Crippen LogP contribution in [0.25, 0.3) is 5.69 Å². The Hall–Kier alpha value is -2.88.